The highest BCUT2D eigenvalue weighted by Crippen LogP contribution is 2.28. The number of aliphatic carboxylic acids is 1. The number of nitrogens with one attached hydrogen (secondary N) is 1. The van der Waals surface area contributed by atoms with E-state index >= 15 is 0 Å². The molecular formula is C15H20BrNO3S. The van der Waals surface area contributed by atoms with E-state index in [1.807, 2.05) is 26.0 Å². The summed E-state index contributed by atoms with van der Waals surface area (Å²) in [4.78, 5) is 23.8. The highest BCUT2D eigenvalue weighted by atomic mass is 79.9. The maximum atomic E-state index is 11.9. The summed E-state index contributed by atoms with van der Waals surface area (Å²) in [7, 11) is 0. The minimum atomic E-state index is -0.908. The van der Waals surface area contributed by atoms with E-state index in [0.29, 0.717) is 0 Å². The zero-order chi connectivity index (χ0) is 16.2. The van der Waals surface area contributed by atoms with Gasteiger partial charge in [0.1, 0.15) is 0 Å². The van der Waals surface area contributed by atoms with Gasteiger partial charge in [-0.1, -0.05) is 15.9 Å². The summed E-state index contributed by atoms with van der Waals surface area (Å²) in [6.07, 6.45) is 0. The maximum Gasteiger partial charge on any atom is 0.308 e. The molecule has 0 aromatic heterocycles. The van der Waals surface area contributed by atoms with Crippen LogP contribution in [0.2, 0.25) is 0 Å². The van der Waals surface area contributed by atoms with Gasteiger partial charge >= 0.3 is 5.97 Å². The molecule has 4 nitrogen and oxygen atoms in total. The lowest BCUT2D eigenvalue weighted by Gasteiger charge is -2.17. The van der Waals surface area contributed by atoms with E-state index in [1.165, 1.54) is 11.8 Å². The Kier molecular flexibility index (Phi) is 6.74. The number of amides is 1. The Morgan fingerprint density at radius 3 is 2.48 bits per heavy atom. The number of carboxylic acid groups (broad SMARTS) is 1. The number of carbonyl (C=O) groups excluding carboxylic acids is 1. The fourth-order valence-electron chi connectivity index (χ4n) is 1.69. The second-order valence-corrected chi connectivity index (χ2v) is 7.01. The summed E-state index contributed by atoms with van der Waals surface area (Å²) in [5.41, 5.74) is 2.23. The van der Waals surface area contributed by atoms with Gasteiger partial charge in [-0.2, -0.15) is 0 Å². The van der Waals surface area contributed by atoms with Crippen molar-refractivity contribution in [3.8, 4) is 0 Å². The first-order chi connectivity index (χ1) is 9.72. The summed E-state index contributed by atoms with van der Waals surface area (Å²) < 4.78 is 1.05. The molecule has 0 aliphatic heterocycles. The van der Waals surface area contributed by atoms with Crippen LogP contribution in [-0.4, -0.2) is 28.8 Å². The maximum absolute atomic E-state index is 11.9. The number of carboxylic acids is 1. The predicted molar refractivity (Wildman–Crippen MR) is 88.7 cm³/mol. The number of hydrogen-bond donors (Lipinski definition) is 2. The quantitative estimate of drug-likeness (QED) is 0.750. The van der Waals surface area contributed by atoms with E-state index in [2.05, 4.69) is 21.2 Å². The van der Waals surface area contributed by atoms with Gasteiger partial charge in [0.15, 0.2) is 0 Å². The lowest BCUT2D eigenvalue weighted by atomic mass is 10.0. The summed E-state index contributed by atoms with van der Waals surface area (Å²) in [5, 5.41) is 11.6. The SMILES string of the molecule is Cc1cc(SCC(=O)NC(C)C(C)C(=O)O)c(C)cc1Br. The second-order valence-electron chi connectivity index (χ2n) is 5.14. The molecule has 0 spiro atoms. The minimum absolute atomic E-state index is 0.152. The van der Waals surface area contributed by atoms with E-state index in [0.717, 1.165) is 20.5 Å². The van der Waals surface area contributed by atoms with E-state index in [-0.39, 0.29) is 17.7 Å². The molecule has 0 aliphatic carbocycles. The van der Waals surface area contributed by atoms with Crippen molar-refractivity contribution < 1.29 is 14.7 Å². The summed E-state index contributed by atoms with van der Waals surface area (Å²) >= 11 is 4.94. The molecular weight excluding hydrogens is 354 g/mol. The van der Waals surface area contributed by atoms with Crippen molar-refractivity contribution in [2.75, 3.05) is 5.75 Å². The van der Waals surface area contributed by atoms with Crippen LogP contribution in [0.15, 0.2) is 21.5 Å². The van der Waals surface area contributed by atoms with Crippen LogP contribution in [0, 0.1) is 19.8 Å². The van der Waals surface area contributed by atoms with Crippen molar-refractivity contribution in [3.05, 3.63) is 27.7 Å². The van der Waals surface area contributed by atoms with Gasteiger partial charge in [-0.25, -0.2) is 0 Å². The fraction of sp³-hybridized carbons (Fsp3) is 0.467. The number of aryl methyl sites for hydroxylation is 2. The van der Waals surface area contributed by atoms with E-state index in [4.69, 9.17) is 5.11 Å². The standard InChI is InChI=1S/C15H20BrNO3S/c1-8-6-13(9(2)5-12(8)16)21-7-14(18)17-11(4)10(3)15(19)20/h5-6,10-11H,7H2,1-4H3,(H,17,18)(H,19,20). The van der Waals surface area contributed by atoms with Crippen molar-refractivity contribution in [3.63, 3.8) is 0 Å². The monoisotopic (exact) mass is 373 g/mol. The van der Waals surface area contributed by atoms with Gasteiger partial charge in [0, 0.05) is 15.4 Å². The van der Waals surface area contributed by atoms with Crippen LogP contribution in [-0.2, 0) is 9.59 Å². The van der Waals surface area contributed by atoms with Crippen LogP contribution < -0.4 is 5.32 Å². The predicted octanol–water partition coefficient (Wildman–Crippen LogP) is 3.38. The highest BCUT2D eigenvalue weighted by molar-refractivity contribution is 9.10. The Bertz CT molecular complexity index is 548. The number of halogens is 1. The lowest BCUT2D eigenvalue weighted by Crippen LogP contribution is -2.40. The number of hydrogen-bond acceptors (Lipinski definition) is 3. The second kappa shape index (κ2) is 7.84. The topological polar surface area (TPSA) is 66.4 Å². The van der Waals surface area contributed by atoms with Crippen LogP contribution >= 0.6 is 27.7 Å². The molecule has 1 rings (SSSR count). The molecule has 2 atom stereocenters. The Balaban J connectivity index is 2.58. The van der Waals surface area contributed by atoms with E-state index in [9.17, 15) is 9.59 Å². The van der Waals surface area contributed by atoms with Crippen LogP contribution in [0.1, 0.15) is 25.0 Å². The lowest BCUT2D eigenvalue weighted by molar-refractivity contribution is -0.142. The molecule has 1 aromatic rings. The van der Waals surface area contributed by atoms with Gasteiger partial charge in [-0.15, -0.1) is 11.8 Å². The van der Waals surface area contributed by atoms with E-state index < -0.39 is 11.9 Å². The molecule has 2 unspecified atom stereocenters. The van der Waals surface area contributed by atoms with E-state index in [1.54, 1.807) is 13.8 Å². The van der Waals surface area contributed by atoms with Crippen LogP contribution in [0.4, 0.5) is 0 Å². The van der Waals surface area contributed by atoms with Gasteiger partial charge < -0.3 is 10.4 Å². The number of thioether (sulfide) groups is 1. The smallest absolute Gasteiger partial charge is 0.308 e. The molecule has 116 valence electrons. The zero-order valence-corrected chi connectivity index (χ0v) is 15.0. The molecule has 1 aromatic carbocycles. The van der Waals surface area contributed by atoms with Crippen molar-refractivity contribution >= 4 is 39.6 Å². The third kappa shape index (κ3) is 5.36. The fourth-order valence-corrected chi connectivity index (χ4v) is 3.06. The van der Waals surface area contributed by atoms with Gasteiger partial charge in [0.05, 0.1) is 11.7 Å². The summed E-state index contributed by atoms with van der Waals surface area (Å²) in [6.45, 7) is 7.29. The van der Waals surface area contributed by atoms with Gasteiger partial charge in [-0.05, 0) is 51.0 Å². The molecule has 0 saturated heterocycles. The van der Waals surface area contributed by atoms with Gasteiger partial charge in [0.25, 0.3) is 0 Å². The van der Waals surface area contributed by atoms with Gasteiger partial charge in [-0.3, -0.25) is 9.59 Å². The molecule has 21 heavy (non-hydrogen) atoms. The first-order valence-corrected chi connectivity index (χ1v) is 8.42. The molecule has 6 heteroatoms. The Morgan fingerprint density at radius 2 is 1.90 bits per heavy atom. The average molecular weight is 374 g/mol. The third-order valence-corrected chi connectivity index (χ3v) is 5.35. The van der Waals surface area contributed by atoms with Crippen molar-refractivity contribution in [2.45, 2.75) is 38.6 Å². The molecule has 0 radical (unpaired) electrons. The van der Waals surface area contributed by atoms with Crippen LogP contribution in [0.5, 0.6) is 0 Å². The molecule has 0 fully saturated rings. The van der Waals surface area contributed by atoms with Crippen molar-refractivity contribution in [2.24, 2.45) is 5.92 Å². The van der Waals surface area contributed by atoms with Crippen LogP contribution in [0.25, 0.3) is 0 Å². The molecule has 0 bridgehead atoms. The first-order valence-electron chi connectivity index (χ1n) is 6.64. The molecule has 2 N–H and O–H groups in total. The molecule has 0 heterocycles. The summed E-state index contributed by atoms with van der Waals surface area (Å²) in [5.74, 6) is -1.38. The van der Waals surface area contributed by atoms with Crippen molar-refractivity contribution in [1.29, 1.82) is 0 Å². The Morgan fingerprint density at radius 1 is 1.29 bits per heavy atom. The minimum Gasteiger partial charge on any atom is -0.481 e. The van der Waals surface area contributed by atoms with Gasteiger partial charge in [0.2, 0.25) is 5.91 Å². The van der Waals surface area contributed by atoms with Crippen LogP contribution in [0.3, 0.4) is 0 Å². The largest absolute Gasteiger partial charge is 0.481 e. The normalized spacial score (nSPS) is 13.6. The highest BCUT2D eigenvalue weighted by Gasteiger charge is 2.20. The Hall–Kier alpha value is -1.01. The number of benzene rings is 1. The number of carbonyl (C=O) groups is 2. The molecule has 0 aliphatic rings. The Labute approximate surface area is 137 Å². The number of rotatable bonds is 6. The average Bonchev–Trinajstić information content (AvgIpc) is 2.40. The molecule has 0 saturated carbocycles. The third-order valence-electron chi connectivity index (χ3n) is 3.34. The summed E-state index contributed by atoms with van der Waals surface area (Å²) in [6, 6.07) is 3.69. The first kappa shape index (κ1) is 18.0. The molecule has 1 amide bonds. The van der Waals surface area contributed by atoms with Crippen molar-refractivity contribution in [1.82, 2.24) is 5.32 Å². The zero-order valence-electron chi connectivity index (χ0n) is 12.6.